The summed E-state index contributed by atoms with van der Waals surface area (Å²) in [6.07, 6.45) is 0. The van der Waals surface area contributed by atoms with Crippen LogP contribution in [-0.4, -0.2) is 28.7 Å². The number of benzene rings is 9. The Labute approximate surface area is 396 Å². The van der Waals surface area contributed by atoms with Crippen LogP contribution in [-0.2, 0) is 0 Å². The predicted octanol–water partition coefficient (Wildman–Crippen LogP) is 15.4. The van der Waals surface area contributed by atoms with E-state index in [1.807, 2.05) is 109 Å². The summed E-state index contributed by atoms with van der Waals surface area (Å²) in [6.45, 7) is -0.445. The zero-order valence-corrected chi connectivity index (χ0v) is 36.7. The number of aromatic nitrogens is 6. The average molecular weight is 867 g/mol. The third-order valence-corrected chi connectivity index (χ3v) is 13.2. The van der Waals surface area contributed by atoms with Crippen LogP contribution < -0.4 is 0 Å². The molecule has 0 unspecified atom stereocenters. The van der Waals surface area contributed by atoms with Crippen LogP contribution in [0.4, 0.5) is 0 Å². The summed E-state index contributed by atoms with van der Waals surface area (Å²) >= 11 is 0. The van der Waals surface area contributed by atoms with Gasteiger partial charge in [0.1, 0.15) is 0 Å². The Balaban J connectivity index is 1.27. The predicted molar refractivity (Wildman–Crippen MR) is 278 cm³/mol. The molecule has 9 aromatic carbocycles. The van der Waals surface area contributed by atoms with Gasteiger partial charge in [-0.15, -0.1) is 0 Å². The number of nitrogens with zero attached hydrogens (tertiary/aromatic N) is 6. The molecule has 0 atom stereocenters. The van der Waals surface area contributed by atoms with E-state index in [-0.39, 0.29) is 11.1 Å². The standard InChI is InChI=1S/C61H44N6/c1-37-23-27-52-46(31-37)44-19-11-13-21-50(44)65(52)56-35-43(61-63-59(41-15-7-5-8-16-41)62-60(64-61)42-17-9-6-10-18-42)36-57(66-51-22-14-12-20-45(51)47-32-38(2)24-28-53(47)66)58(56)67-54-29-25-39(3)33-48(54)49-34-40(4)26-30-55(49)67/h5-36H,1-4H3/i1D3,2D3. The SMILES string of the molecule is [2H]C([2H])([2H])c1ccc2c(c1)c1ccccc1n2-c1cc(-c2nc(-c3ccccc3)nc(-c3ccccc3)n2)cc(-n2c3ccccc3c3cc(C([2H])([2H])[2H])ccc32)c1-n1c2ccc(C)cc2c2cc(C)ccc21. The monoisotopic (exact) mass is 866 g/mol. The maximum atomic E-state index is 8.48. The fourth-order valence-corrected chi connectivity index (χ4v) is 10.2. The summed E-state index contributed by atoms with van der Waals surface area (Å²) in [7, 11) is 0. The molecule has 0 aliphatic heterocycles. The van der Waals surface area contributed by atoms with Crippen molar-refractivity contribution < 1.29 is 8.22 Å². The fraction of sp³-hybridized carbons (Fsp3) is 0.0656. The molecule has 0 saturated carbocycles. The largest absolute Gasteiger partial charge is 0.307 e. The molecular weight excluding hydrogens is 817 g/mol. The van der Waals surface area contributed by atoms with Gasteiger partial charge < -0.3 is 13.7 Å². The van der Waals surface area contributed by atoms with E-state index in [0.717, 1.165) is 105 Å². The first-order chi connectivity index (χ1) is 35.3. The van der Waals surface area contributed by atoms with Gasteiger partial charge in [0.2, 0.25) is 0 Å². The molecule has 4 aromatic heterocycles. The second-order valence-corrected chi connectivity index (χ2v) is 17.4. The lowest BCUT2D eigenvalue weighted by molar-refractivity contribution is 1.04. The highest BCUT2D eigenvalue weighted by atomic mass is 15.1. The average Bonchev–Trinajstić information content (AvgIpc) is 4.02. The molecular formula is C61H44N6. The Morgan fingerprint density at radius 1 is 0.313 bits per heavy atom. The first kappa shape index (κ1) is 33.0. The lowest BCUT2D eigenvalue weighted by atomic mass is 10.1. The van der Waals surface area contributed by atoms with Gasteiger partial charge in [0.05, 0.1) is 50.2 Å². The van der Waals surface area contributed by atoms with Crippen LogP contribution in [0.5, 0.6) is 0 Å². The van der Waals surface area contributed by atoms with Crippen molar-refractivity contribution in [3.05, 3.63) is 216 Å². The summed E-state index contributed by atoms with van der Waals surface area (Å²) in [5.41, 5.74) is 12.8. The fourth-order valence-electron chi connectivity index (χ4n) is 10.2. The topological polar surface area (TPSA) is 53.5 Å². The van der Waals surface area contributed by atoms with Gasteiger partial charge >= 0.3 is 0 Å². The maximum absolute atomic E-state index is 8.48. The molecule has 13 rings (SSSR count). The lowest BCUT2D eigenvalue weighted by Gasteiger charge is -2.23. The Bertz CT molecular complexity index is 4100. The van der Waals surface area contributed by atoms with Gasteiger partial charge in [-0.25, -0.2) is 15.0 Å². The van der Waals surface area contributed by atoms with Gasteiger partial charge in [-0.05, 0) is 100 Å². The van der Waals surface area contributed by atoms with Crippen molar-refractivity contribution in [1.82, 2.24) is 28.7 Å². The zero-order valence-electron chi connectivity index (χ0n) is 42.7. The molecule has 0 saturated heterocycles. The van der Waals surface area contributed by atoms with E-state index in [1.54, 1.807) is 24.3 Å². The number of rotatable bonds is 6. The number of fused-ring (bicyclic) bond motifs is 9. The van der Waals surface area contributed by atoms with Gasteiger partial charge in [0.15, 0.2) is 17.5 Å². The van der Waals surface area contributed by atoms with Crippen LogP contribution in [0.1, 0.15) is 30.5 Å². The van der Waals surface area contributed by atoms with Crippen LogP contribution in [0, 0.1) is 27.6 Å². The third-order valence-electron chi connectivity index (χ3n) is 13.2. The Hall–Kier alpha value is -8.61. The maximum Gasteiger partial charge on any atom is 0.164 e. The van der Waals surface area contributed by atoms with Gasteiger partial charge in [-0.2, -0.15) is 0 Å². The third kappa shape index (κ3) is 6.14. The smallest absolute Gasteiger partial charge is 0.164 e. The summed E-state index contributed by atoms with van der Waals surface area (Å²) in [4.78, 5) is 15.7. The van der Waals surface area contributed by atoms with E-state index in [9.17, 15) is 0 Å². The summed E-state index contributed by atoms with van der Waals surface area (Å²) in [5, 5.41) is 5.55. The highest BCUT2D eigenvalue weighted by molar-refractivity contribution is 6.14. The van der Waals surface area contributed by atoms with Crippen LogP contribution in [0.3, 0.4) is 0 Å². The van der Waals surface area contributed by atoms with Crippen LogP contribution >= 0.6 is 0 Å². The minimum absolute atomic E-state index is 0.250. The Morgan fingerprint density at radius 2 is 0.657 bits per heavy atom. The van der Waals surface area contributed by atoms with Crippen molar-refractivity contribution in [2.75, 3.05) is 0 Å². The zero-order chi connectivity index (χ0) is 49.9. The number of para-hydroxylation sites is 2. The molecule has 0 fully saturated rings. The highest BCUT2D eigenvalue weighted by Gasteiger charge is 2.27. The van der Waals surface area contributed by atoms with E-state index >= 15 is 0 Å². The Kier molecular flexibility index (Phi) is 7.37. The van der Waals surface area contributed by atoms with Crippen molar-refractivity contribution in [1.29, 1.82) is 0 Å². The molecule has 13 aromatic rings. The van der Waals surface area contributed by atoms with E-state index in [1.165, 1.54) is 0 Å². The highest BCUT2D eigenvalue weighted by Crippen LogP contribution is 2.45. The molecule has 0 amide bonds. The minimum Gasteiger partial charge on any atom is -0.307 e. The van der Waals surface area contributed by atoms with Gasteiger partial charge in [-0.3, -0.25) is 0 Å². The molecule has 67 heavy (non-hydrogen) atoms. The molecule has 0 aliphatic rings. The van der Waals surface area contributed by atoms with Gasteiger partial charge in [0.25, 0.3) is 0 Å². The van der Waals surface area contributed by atoms with E-state index < -0.39 is 13.7 Å². The molecule has 318 valence electrons. The van der Waals surface area contributed by atoms with Crippen molar-refractivity contribution in [2.24, 2.45) is 0 Å². The van der Waals surface area contributed by atoms with Crippen molar-refractivity contribution in [2.45, 2.75) is 27.6 Å². The van der Waals surface area contributed by atoms with E-state index in [4.69, 9.17) is 23.2 Å². The van der Waals surface area contributed by atoms with Crippen molar-refractivity contribution in [3.63, 3.8) is 0 Å². The Morgan fingerprint density at radius 3 is 1.10 bits per heavy atom. The molecule has 6 nitrogen and oxygen atoms in total. The molecule has 0 radical (unpaired) electrons. The van der Waals surface area contributed by atoms with Crippen LogP contribution in [0.2, 0.25) is 0 Å². The quantitative estimate of drug-likeness (QED) is 0.167. The first-order valence-corrected chi connectivity index (χ1v) is 22.4. The second-order valence-electron chi connectivity index (χ2n) is 17.4. The second kappa shape index (κ2) is 15.0. The summed E-state index contributed by atoms with van der Waals surface area (Å²) < 4.78 is 57.7. The molecule has 0 bridgehead atoms. The normalized spacial score (nSPS) is 13.6. The first-order valence-electron chi connectivity index (χ1n) is 25.4. The molecule has 4 heterocycles. The van der Waals surface area contributed by atoms with Gasteiger partial charge in [0, 0.05) is 57.2 Å². The summed E-state index contributed by atoms with van der Waals surface area (Å²) in [5.74, 6) is 1.45. The minimum atomic E-state index is -2.34. The van der Waals surface area contributed by atoms with Crippen LogP contribution in [0.15, 0.2) is 194 Å². The summed E-state index contributed by atoms with van der Waals surface area (Å²) in [6, 6.07) is 64.4. The van der Waals surface area contributed by atoms with Crippen molar-refractivity contribution in [3.8, 4) is 51.2 Å². The van der Waals surface area contributed by atoms with E-state index in [2.05, 4.69) is 88.2 Å². The molecule has 6 heteroatoms. The van der Waals surface area contributed by atoms with Crippen molar-refractivity contribution >= 4 is 65.4 Å². The number of hydrogen-bond donors (Lipinski definition) is 0. The molecule has 0 aliphatic carbocycles. The van der Waals surface area contributed by atoms with Gasteiger partial charge in [-0.1, -0.05) is 144 Å². The number of aryl methyl sites for hydroxylation is 4. The van der Waals surface area contributed by atoms with Crippen LogP contribution in [0.25, 0.3) is 117 Å². The lowest BCUT2D eigenvalue weighted by Crippen LogP contribution is -2.10. The molecule has 0 spiro atoms. The number of hydrogen-bond acceptors (Lipinski definition) is 3. The molecule has 0 N–H and O–H groups in total. The van der Waals surface area contributed by atoms with E-state index in [0.29, 0.717) is 23.0 Å².